The molecular formula is C27H27Cl4N3O. The Labute approximate surface area is 226 Å². The van der Waals surface area contributed by atoms with Crippen LogP contribution in [0.1, 0.15) is 33.4 Å². The predicted octanol–water partition coefficient (Wildman–Crippen LogP) is 8.67. The molecule has 0 aliphatic heterocycles. The second-order valence-corrected chi connectivity index (χ2v) is 10.3. The molecule has 0 aliphatic rings. The van der Waals surface area contributed by atoms with E-state index in [1.165, 1.54) is 0 Å². The third kappa shape index (κ3) is 5.62. The summed E-state index contributed by atoms with van der Waals surface area (Å²) in [5.41, 5.74) is 6.74. The summed E-state index contributed by atoms with van der Waals surface area (Å²) in [7, 11) is 3.94. The van der Waals surface area contributed by atoms with Crippen molar-refractivity contribution in [1.29, 1.82) is 0 Å². The zero-order chi connectivity index (χ0) is 26.2. The van der Waals surface area contributed by atoms with Gasteiger partial charge in [-0.1, -0.05) is 46.4 Å². The van der Waals surface area contributed by atoms with Crippen molar-refractivity contribution in [3.05, 3.63) is 83.8 Å². The molecule has 1 amide bonds. The molecule has 1 N–H and O–H groups in total. The predicted molar refractivity (Wildman–Crippen MR) is 152 cm³/mol. The minimum absolute atomic E-state index is 0.178. The van der Waals surface area contributed by atoms with E-state index in [1.54, 1.807) is 12.1 Å². The maximum absolute atomic E-state index is 13.7. The number of halogens is 4. The fourth-order valence-electron chi connectivity index (χ4n) is 3.82. The lowest BCUT2D eigenvalue weighted by Gasteiger charge is -2.19. The van der Waals surface area contributed by atoms with Crippen LogP contribution in [-0.4, -0.2) is 25.7 Å². The Morgan fingerprint density at radius 3 is 1.94 bits per heavy atom. The average Bonchev–Trinajstić information content (AvgIpc) is 2.80. The van der Waals surface area contributed by atoms with Crippen molar-refractivity contribution in [2.75, 3.05) is 24.3 Å². The van der Waals surface area contributed by atoms with Gasteiger partial charge in [0.15, 0.2) is 0 Å². The Hall–Kier alpha value is -2.24. The van der Waals surface area contributed by atoms with Gasteiger partial charge in [0.2, 0.25) is 0 Å². The summed E-state index contributed by atoms with van der Waals surface area (Å²) in [5, 5.41) is 4.73. The number of hydrogen-bond acceptors (Lipinski definition) is 3. The molecule has 8 heteroatoms. The molecule has 0 saturated heterocycles. The van der Waals surface area contributed by atoms with Crippen LogP contribution in [0.15, 0.2) is 35.3 Å². The SMILES string of the molecule is Cc1cc(Cl)c(NC(=O)C(=Nc2ccc(N(C)C)cc2C)c2c(C)c(Cl)c(C)c(Cl)c2C)cc1Cl. The van der Waals surface area contributed by atoms with Crippen molar-refractivity contribution in [3.8, 4) is 0 Å². The van der Waals surface area contributed by atoms with Crippen LogP contribution in [0.25, 0.3) is 0 Å². The van der Waals surface area contributed by atoms with Gasteiger partial charge in [0.25, 0.3) is 5.91 Å². The zero-order valence-corrected chi connectivity index (χ0v) is 23.7. The fraction of sp³-hybridized carbons (Fsp3) is 0.259. The molecule has 0 atom stereocenters. The molecule has 3 rings (SSSR count). The first kappa shape index (κ1) is 27.3. The number of nitrogens with one attached hydrogen (secondary N) is 1. The number of hydrogen-bond donors (Lipinski definition) is 1. The molecule has 0 spiro atoms. The standard InChI is InChI=1S/C27H27Cl4N3O/c1-13-11-20(29)22(12-19(13)28)33-27(35)26(23-15(3)24(30)17(5)25(31)16(23)4)32-21-9-8-18(34(6)7)10-14(21)2/h8-12H,1-7H3,(H,33,35). The van der Waals surface area contributed by atoms with Gasteiger partial charge in [-0.2, -0.15) is 0 Å². The second-order valence-electron chi connectivity index (χ2n) is 8.74. The van der Waals surface area contributed by atoms with Gasteiger partial charge < -0.3 is 10.2 Å². The van der Waals surface area contributed by atoms with E-state index in [0.717, 1.165) is 33.5 Å². The van der Waals surface area contributed by atoms with E-state index >= 15 is 0 Å². The molecule has 3 aromatic carbocycles. The second kappa shape index (κ2) is 10.8. The van der Waals surface area contributed by atoms with Crippen molar-refractivity contribution in [1.82, 2.24) is 0 Å². The normalized spacial score (nSPS) is 11.6. The van der Waals surface area contributed by atoms with Crippen molar-refractivity contribution in [2.24, 2.45) is 4.99 Å². The Morgan fingerprint density at radius 2 is 1.40 bits per heavy atom. The molecule has 0 aliphatic carbocycles. The molecule has 4 nitrogen and oxygen atoms in total. The van der Waals surface area contributed by atoms with E-state index < -0.39 is 5.91 Å². The van der Waals surface area contributed by atoms with Crippen LogP contribution in [0, 0.1) is 34.6 Å². The molecule has 0 saturated carbocycles. The number of carbonyl (C=O) groups is 1. The van der Waals surface area contributed by atoms with E-state index in [0.29, 0.717) is 37.0 Å². The summed E-state index contributed by atoms with van der Waals surface area (Å²) in [4.78, 5) is 20.6. The van der Waals surface area contributed by atoms with Crippen molar-refractivity contribution < 1.29 is 4.79 Å². The minimum Gasteiger partial charge on any atom is -0.378 e. The van der Waals surface area contributed by atoms with Crippen molar-refractivity contribution in [2.45, 2.75) is 34.6 Å². The number of nitrogens with zero attached hydrogens (tertiary/aromatic N) is 2. The van der Waals surface area contributed by atoms with Gasteiger partial charge in [0.1, 0.15) is 5.71 Å². The first-order chi connectivity index (χ1) is 16.3. The maximum Gasteiger partial charge on any atom is 0.274 e. The van der Waals surface area contributed by atoms with Gasteiger partial charge in [-0.25, -0.2) is 4.99 Å². The first-order valence-electron chi connectivity index (χ1n) is 10.9. The van der Waals surface area contributed by atoms with Crippen LogP contribution in [0.2, 0.25) is 20.1 Å². The van der Waals surface area contributed by atoms with Crippen LogP contribution in [-0.2, 0) is 4.79 Å². The molecule has 0 aromatic heterocycles. The number of carbonyl (C=O) groups excluding carboxylic acids is 1. The van der Waals surface area contributed by atoms with E-state index in [9.17, 15) is 4.79 Å². The Morgan fingerprint density at radius 1 is 0.800 bits per heavy atom. The Balaban J connectivity index is 2.24. The lowest BCUT2D eigenvalue weighted by atomic mass is 9.94. The van der Waals surface area contributed by atoms with E-state index in [1.807, 2.05) is 71.8 Å². The van der Waals surface area contributed by atoms with Gasteiger partial charge in [0.05, 0.1) is 16.4 Å². The average molecular weight is 551 g/mol. The van der Waals surface area contributed by atoms with Gasteiger partial charge in [-0.3, -0.25) is 4.79 Å². The van der Waals surface area contributed by atoms with Crippen LogP contribution in [0.4, 0.5) is 17.1 Å². The van der Waals surface area contributed by atoms with E-state index in [-0.39, 0.29) is 5.71 Å². The largest absolute Gasteiger partial charge is 0.378 e. The number of anilines is 2. The van der Waals surface area contributed by atoms with Gasteiger partial charge in [0, 0.05) is 40.4 Å². The third-order valence-electron chi connectivity index (χ3n) is 5.94. The quantitative estimate of drug-likeness (QED) is 0.323. The van der Waals surface area contributed by atoms with Crippen LogP contribution < -0.4 is 10.2 Å². The molecule has 0 radical (unpaired) electrons. The fourth-order valence-corrected chi connectivity index (χ4v) is 4.68. The van der Waals surface area contributed by atoms with Gasteiger partial charge in [-0.15, -0.1) is 0 Å². The minimum atomic E-state index is -0.454. The highest BCUT2D eigenvalue weighted by molar-refractivity contribution is 6.51. The molecule has 0 heterocycles. The molecular weight excluding hydrogens is 524 g/mol. The van der Waals surface area contributed by atoms with E-state index in [2.05, 4.69) is 5.32 Å². The lowest BCUT2D eigenvalue weighted by Crippen LogP contribution is -2.26. The molecule has 0 unspecified atom stereocenters. The number of amides is 1. The highest BCUT2D eigenvalue weighted by atomic mass is 35.5. The highest BCUT2D eigenvalue weighted by Crippen LogP contribution is 2.36. The van der Waals surface area contributed by atoms with Crippen LogP contribution >= 0.6 is 46.4 Å². The van der Waals surface area contributed by atoms with Gasteiger partial charge in [-0.05, 0) is 92.8 Å². The summed E-state index contributed by atoms with van der Waals surface area (Å²) in [6.07, 6.45) is 0. The molecule has 0 fully saturated rings. The van der Waals surface area contributed by atoms with E-state index in [4.69, 9.17) is 51.4 Å². The van der Waals surface area contributed by atoms with Crippen LogP contribution in [0.3, 0.4) is 0 Å². The zero-order valence-electron chi connectivity index (χ0n) is 20.7. The lowest BCUT2D eigenvalue weighted by molar-refractivity contribution is -0.110. The summed E-state index contributed by atoms with van der Waals surface area (Å²) >= 11 is 25.9. The Kier molecular flexibility index (Phi) is 8.44. The van der Waals surface area contributed by atoms with Crippen LogP contribution in [0.5, 0.6) is 0 Å². The first-order valence-corrected chi connectivity index (χ1v) is 12.4. The summed E-state index contributed by atoms with van der Waals surface area (Å²) in [6.45, 7) is 9.36. The topological polar surface area (TPSA) is 44.7 Å². The monoisotopic (exact) mass is 549 g/mol. The highest BCUT2D eigenvalue weighted by Gasteiger charge is 2.25. The maximum atomic E-state index is 13.7. The number of aryl methyl sites for hydroxylation is 2. The van der Waals surface area contributed by atoms with Crippen molar-refractivity contribution >= 4 is 75.1 Å². The molecule has 184 valence electrons. The number of aliphatic imine (C=N–C) groups is 1. The summed E-state index contributed by atoms with van der Waals surface area (Å²) in [5.74, 6) is -0.454. The van der Waals surface area contributed by atoms with Crippen molar-refractivity contribution in [3.63, 3.8) is 0 Å². The molecule has 35 heavy (non-hydrogen) atoms. The number of benzene rings is 3. The smallest absolute Gasteiger partial charge is 0.274 e. The summed E-state index contributed by atoms with van der Waals surface area (Å²) in [6, 6.07) is 9.18. The Bertz CT molecular complexity index is 1330. The summed E-state index contributed by atoms with van der Waals surface area (Å²) < 4.78 is 0. The number of rotatable bonds is 5. The molecule has 3 aromatic rings. The van der Waals surface area contributed by atoms with Gasteiger partial charge >= 0.3 is 0 Å². The third-order valence-corrected chi connectivity index (χ3v) is 7.80. The molecule has 0 bridgehead atoms.